The fourth-order valence-corrected chi connectivity index (χ4v) is 2.14. The van der Waals surface area contributed by atoms with Crippen molar-refractivity contribution in [1.29, 1.82) is 0 Å². The zero-order valence-corrected chi connectivity index (χ0v) is 13.0. The van der Waals surface area contributed by atoms with Crippen molar-refractivity contribution in [2.75, 3.05) is 20.2 Å². The molecule has 0 saturated heterocycles. The molecule has 0 aliphatic carbocycles. The number of rotatable bonds is 6. The van der Waals surface area contributed by atoms with Gasteiger partial charge in [0.25, 0.3) is 5.91 Å². The first-order valence-corrected chi connectivity index (χ1v) is 7.30. The number of aromatic amines is 1. The van der Waals surface area contributed by atoms with E-state index in [1.807, 2.05) is 0 Å². The number of amides is 1. The van der Waals surface area contributed by atoms with Crippen LogP contribution in [-0.4, -0.2) is 36.0 Å². The highest BCUT2D eigenvalue weighted by Gasteiger charge is 2.12. The second-order valence-corrected chi connectivity index (χ2v) is 5.20. The molecule has 0 spiro atoms. The molecule has 2 rings (SSSR count). The average molecular weight is 320 g/mol. The summed E-state index contributed by atoms with van der Waals surface area (Å²) in [6, 6.07) is 9.30. The summed E-state index contributed by atoms with van der Waals surface area (Å²) >= 11 is 5.10. The Balaban J connectivity index is 1.79. The Kier molecular flexibility index (Phi) is 5.66. The lowest BCUT2D eigenvalue weighted by atomic mass is 10.2. The first kappa shape index (κ1) is 16.2. The number of halogens is 1. The van der Waals surface area contributed by atoms with E-state index in [0.717, 1.165) is 0 Å². The molecule has 0 radical (unpaired) electrons. The highest BCUT2D eigenvalue weighted by Crippen LogP contribution is 2.11. The highest BCUT2D eigenvalue weighted by atomic mass is 32.1. The number of nitrogens with zero attached hydrogens (tertiary/aromatic N) is 1. The van der Waals surface area contributed by atoms with Crippen molar-refractivity contribution < 1.29 is 13.9 Å². The van der Waals surface area contributed by atoms with Gasteiger partial charge in [0, 0.05) is 19.8 Å². The molecule has 0 aliphatic heterocycles. The minimum Gasteiger partial charge on any atom is -0.494 e. The Labute approximate surface area is 133 Å². The van der Waals surface area contributed by atoms with Crippen LogP contribution in [0.3, 0.4) is 0 Å². The number of pyridine rings is 1. The van der Waals surface area contributed by atoms with Crippen molar-refractivity contribution >= 4 is 18.1 Å². The van der Waals surface area contributed by atoms with Crippen molar-refractivity contribution in [3.8, 4) is 5.75 Å². The Bertz CT molecular complexity index is 685. The molecule has 4 nitrogen and oxygen atoms in total. The maximum absolute atomic E-state index is 12.8. The number of nitrogens with one attached hydrogen (secondary N) is 1. The lowest BCUT2D eigenvalue weighted by Crippen LogP contribution is -2.29. The van der Waals surface area contributed by atoms with Crippen molar-refractivity contribution in [3.05, 3.63) is 58.6 Å². The molecule has 0 saturated carbocycles. The lowest BCUT2D eigenvalue weighted by Gasteiger charge is -2.17. The van der Waals surface area contributed by atoms with E-state index in [9.17, 15) is 9.18 Å². The summed E-state index contributed by atoms with van der Waals surface area (Å²) in [6.45, 7) is 0.995. The standard InChI is InChI=1S/C16H17FN2O2S/c1-19(16(20)14-4-2-9-18-15(14)22)10-3-11-21-13-7-5-12(17)6-8-13/h2,4-9H,3,10-11H2,1H3,(H,18,22). The van der Waals surface area contributed by atoms with E-state index in [4.69, 9.17) is 17.0 Å². The van der Waals surface area contributed by atoms with Crippen LogP contribution in [0.25, 0.3) is 0 Å². The zero-order chi connectivity index (χ0) is 15.9. The molecule has 1 amide bonds. The van der Waals surface area contributed by atoms with Crippen LogP contribution in [0.5, 0.6) is 5.75 Å². The normalized spacial score (nSPS) is 10.3. The number of benzene rings is 1. The molecule has 1 heterocycles. The van der Waals surface area contributed by atoms with E-state index in [-0.39, 0.29) is 11.7 Å². The number of carbonyl (C=O) groups excluding carboxylic acids is 1. The molecule has 116 valence electrons. The van der Waals surface area contributed by atoms with Gasteiger partial charge in [-0.3, -0.25) is 4.79 Å². The van der Waals surface area contributed by atoms with Crippen molar-refractivity contribution in [3.63, 3.8) is 0 Å². The van der Waals surface area contributed by atoms with E-state index in [1.54, 1.807) is 42.4 Å². The molecule has 0 fully saturated rings. The fourth-order valence-electron chi connectivity index (χ4n) is 1.92. The van der Waals surface area contributed by atoms with E-state index < -0.39 is 0 Å². The molecule has 2 aromatic rings. The second-order valence-electron chi connectivity index (χ2n) is 4.80. The van der Waals surface area contributed by atoms with Crippen LogP contribution < -0.4 is 4.74 Å². The van der Waals surface area contributed by atoms with Crippen LogP contribution in [0.4, 0.5) is 4.39 Å². The van der Waals surface area contributed by atoms with Crippen LogP contribution in [0.2, 0.25) is 0 Å². The third kappa shape index (κ3) is 4.39. The molecule has 0 aliphatic rings. The smallest absolute Gasteiger partial charge is 0.256 e. The van der Waals surface area contributed by atoms with Gasteiger partial charge in [0.1, 0.15) is 16.2 Å². The van der Waals surface area contributed by atoms with E-state index >= 15 is 0 Å². The van der Waals surface area contributed by atoms with Gasteiger partial charge in [0.05, 0.1) is 12.2 Å². The first-order valence-electron chi connectivity index (χ1n) is 6.89. The van der Waals surface area contributed by atoms with Crippen molar-refractivity contribution in [2.45, 2.75) is 6.42 Å². The van der Waals surface area contributed by atoms with Gasteiger partial charge in [-0.2, -0.15) is 0 Å². The summed E-state index contributed by atoms with van der Waals surface area (Å²) in [5, 5.41) is 0. The maximum atomic E-state index is 12.8. The summed E-state index contributed by atoms with van der Waals surface area (Å²) in [6.07, 6.45) is 2.36. The van der Waals surface area contributed by atoms with E-state index in [2.05, 4.69) is 4.98 Å². The number of hydrogen-bond acceptors (Lipinski definition) is 3. The summed E-state index contributed by atoms with van der Waals surface area (Å²) in [5.74, 6) is 0.196. The minimum absolute atomic E-state index is 0.122. The molecule has 6 heteroatoms. The van der Waals surface area contributed by atoms with E-state index in [0.29, 0.717) is 35.5 Å². The number of aromatic nitrogens is 1. The molecule has 0 atom stereocenters. The molecule has 0 bridgehead atoms. The van der Waals surface area contributed by atoms with Crippen molar-refractivity contribution in [2.24, 2.45) is 0 Å². The fraction of sp³-hybridized carbons (Fsp3) is 0.250. The molecule has 0 unspecified atom stereocenters. The third-order valence-corrected chi connectivity index (χ3v) is 3.45. The van der Waals surface area contributed by atoms with E-state index in [1.165, 1.54) is 12.1 Å². The summed E-state index contributed by atoms with van der Waals surface area (Å²) in [4.78, 5) is 16.7. The minimum atomic E-state index is -0.294. The number of hydrogen-bond donors (Lipinski definition) is 1. The number of carbonyl (C=O) groups is 1. The first-order chi connectivity index (χ1) is 10.6. The predicted octanol–water partition coefficient (Wildman–Crippen LogP) is 3.42. The van der Waals surface area contributed by atoms with Crippen LogP contribution >= 0.6 is 12.2 Å². The summed E-state index contributed by atoms with van der Waals surface area (Å²) < 4.78 is 18.7. The van der Waals surface area contributed by atoms with Crippen LogP contribution in [0, 0.1) is 10.5 Å². The topological polar surface area (TPSA) is 45.3 Å². The average Bonchev–Trinajstić information content (AvgIpc) is 2.53. The quantitative estimate of drug-likeness (QED) is 0.655. The Morgan fingerprint density at radius 3 is 2.73 bits per heavy atom. The maximum Gasteiger partial charge on any atom is 0.256 e. The van der Waals surface area contributed by atoms with Gasteiger partial charge >= 0.3 is 0 Å². The SMILES string of the molecule is CN(CCCOc1ccc(F)cc1)C(=O)c1ccc[nH]c1=S. The Hall–Kier alpha value is -2.21. The monoisotopic (exact) mass is 320 g/mol. The molecule has 1 aromatic heterocycles. The van der Waals surface area contributed by atoms with Gasteiger partial charge in [0.15, 0.2) is 0 Å². The summed E-state index contributed by atoms with van der Waals surface area (Å²) in [5.41, 5.74) is 0.486. The summed E-state index contributed by atoms with van der Waals surface area (Å²) in [7, 11) is 1.72. The van der Waals surface area contributed by atoms with Gasteiger partial charge in [-0.05, 0) is 42.8 Å². The number of ether oxygens (including phenoxy) is 1. The van der Waals surface area contributed by atoms with Gasteiger partial charge < -0.3 is 14.6 Å². The zero-order valence-electron chi connectivity index (χ0n) is 12.2. The second kappa shape index (κ2) is 7.70. The predicted molar refractivity (Wildman–Crippen MR) is 85.1 cm³/mol. The van der Waals surface area contributed by atoms with Crippen LogP contribution in [0.1, 0.15) is 16.8 Å². The van der Waals surface area contributed by atoms with Gasteiger partial charge in [-0.15, -0.1) is 0 Å². The van der Waals surface area contributed by atoms with Crippen LogP contribution in [0.15, 0.2) is 42.6 Å². The number of H-pyrrole nitrogens is 1. The van der Waals surface area contributed by atoms with Gasteiger partial charge in [-0.25, -0.2) is 4.39 Å². The van der Waals surface area contributed by atoms with Gasteiger partial charge in [0.2, 0.25) is 0 Å². The van der Waals surface area contributed by atoms with Gasteiger partial charge in [-0.1, -0.05) is 12.2 Å². The molecular weight excluding hydrogens is 303 g/mol. The lowest BCUT2D eigenvalue weighted by molar-refractivity contribution is 0.0787. The Morgan fingerprint density at radius 2 is 2.05 bits per heavy atom. The Morgan fingerprint density at radius 1 is 1.32 bits per heavy atom. The molecule has 22 heavy (non-hydrogen) atoms. The highest BCUT2D eigenvalue weighted by molar-refractivity contribution is 7.71. The van der Waals surface area contributed by atoms with Crippen LogP contribution in [-0.2, 0) is 0 Å². The third-order valence-electron chi connectivity index (χ3n) is 3.12. The van der Waals surface area contributed by atoms with Crippen molar-refractivity contribution in [1.82, 2.24) is 9.88 Å². The largest absolute Gasteiger partial charge is 0.494 e. The molecular formula is C16H17FN2O2S. The molecule has 1 N–H and O–H groups in total. The molecule has 1 aromatic carbocycles.